The average molecular weight is 411 g/mol. The first-order valence-electron chi connectivity index (χ1n) is 10.1. The summed E-state index contributed by atoms with van der Waals surface area (Å²) in [6.45, 7) is 1.84. The number of para-hydroxylation sites is 1. The number of sulfone groups is 1. The number of carbonyl (C=O) groups is 1. The molecule has 0 radical (unpaired) electrons. The maximum Gasteiger partial charge on any atom is 0.241 e. The van der Waals surface area contributed by atoms with Crippen LogP contribution in [0.1, 0.15) is 18.4 Å². The lowest BCUT2D eigenvalue weighted by Crippen LogP contribution is -2.47. The van der Waals surface area contributed by atoms with Crippen LogP contribution in [0.3, 0.4) is 0 Å². The number of benzene rings is 2. The fraction of sp³-hybridized carbons (Fsp3) is 0.348. The van der Waals surface area contributed by atoms with E-state index >= 15 is 0 Å². The Kier molecular flexibility index (Phi) is 5.83. The van der Waals surface area contributed by atoms with E-state index in [2.05, 4.69) is 23.1 Å². The number of anilines is 1. The van der Waals surface area contributed by atoms with Gasteiger partial charge in [-0.1, -0.05) is 54.6 Å². The second-order valence-electron chi connectivity index (χ2n) is 7.74. The van der Waals surface area contributed by atoms with Gasteiger partial charge in [-0.3, -0.25) is 9.69 Å². The molecule has 0 saturated carbocycles. The van der Waals surface area contributed by atoms with Gasteiger partial charge in [0.15, 0.2) is 9.84 Å². The van der Waals surface area contributed by atoms with Gasteiger partial charge in [0.2, 0.25) is 5.91 Å². The molecule has 1 atom stereocenters. The third-order valence-electron chi connectivity index (χ3n) is 5.67. The Balaban J connectivity index is 1.47. The van der Waals surface area contributed by atoms with Crippen molar-refractivity contribution < 1.29 is 13.2 Å². The van der Waals surface area contributed by atoms with Crippen molar-refractivity contribution in [1.82, 2.24) is 4.90 Å². The second kappa shape index (κ2) is 8.51. The molecule has 1 fully saturated rings. The summed E-state index contributed by atoms with van der Waals surface area (Å²) in [4.78, 5) is 17.1. The topological polar surface area (TPSA) is 57.7 Å². The molecule has 2 aliphatic heterocycles. The molecule has 1 amide bonds. The molecule has 4 rings (SSSR count). The van der Waals surface area contributed by atoms with Crippen LogP contribution < -0.4 is 4.90 Å². The maximum atomic E-state index is 13.2. The van der Waals surface area contributed by atoms with Crippen LogP contribution in [0, 0.1) is 0 Å². The lowest BCUT2D eigenvalue weighted by Gasteiger charge is -2.32. The van der Waals surface area contributed by atoms with Gasteiger partial charge in [-0.25, -0.2) is 8.42 Å². The highest BCUT2D eigenvalue weighted by atomic mass is 32.2. The Morgan fingerprint density at radius 3 is 2.31 bits per heavy atom. The van der Waals surface area contributed by atoms with Crippen molar-refractivity contribution in [2.45, 2.75) is 18.9 Å². The van der Waals surface area contributed by atoms with Gasteiger partial charge in [-0.15, -0.1) is 0 Å². The molecule has 2 heterocycles. The van der Waals surface area contributed by atoms with Crippen LogP contribution in [0.4, 0.5) is 5.69 Å². The Bertz CT molecular complexity index is 987. The number of rotatable bonds is 5. The van der Waals surface area contributed by atoms with Gasteiger partial charge in [0, 0.05) is 18.8 Å². The van der Waals surface area contributed by atoms with Crippen molar-refractivity contribution in [3.63, 3.8) is 0 Å². The molecule has 6 heteroatoms. The van der Waals surface area contributed by atoms with Crippen LogP contribution in [-0.2, 0) is 14.6 Å². The Labute approximate surface area is 172 Å². The standard InChI is InChI=1S/C23H26N2O3S/c26-23(17-24-14-11-20(12-15-24)19-7-3-1-4-8-19)25(21-9-5-2-6-10-21)22-13-16-29(27,28)18-22/h1-11,22H,12-18H2/t22-/m0/s1. The Hall–Kier alpha value is -2.44. The third-order valence-corrected chi connectivity index (χ3v) is 7.42. The van der Waals surface area contributed by atoms with Crippen LogP contribution in [0.25, 0.3) is 5.57 Å². The molecule has 2 aliphatic rings. The van der Waals surface area contributed by atoms with Crippen molar-refractivity contribution in [1.29, 1.82) is 0 Å². The number of amides is 1. The van der Waals surface area contributed by atoms with Gasteiger partial charge < -0.3 is 4.90 Å². The molecule has 5 nitrogen and oxygen atoms in total. The molecule has 1 saturated heterocycles. The van der Waals surface area contributed by atoms with Gasteiger partial charge >= 0.3 is 0 Å². The molecule has 0 bridgehead atoms. The largest absolute Gasteiger partial charge is 0.307 e. The molecule has 0 aromatic heterocycles. The maximum absolute atomic E-state index is 13.2. The van der Waals surface area contributed by atoms with E-state index in [1.165, 1.54) is 11.1 Å². The quantitative estimate of drug-likeness (QED) is 0.760. The average Bonchev–Trinajstić information content (AvgIpc) is 3.09. The molecule has 0 N–H and O–H groups in total. The summed E-state index contributed by atoms with van der Waals surface area (Å²) in [6.07, 6.45) is 3.60. The van der Waals surface area contributed by atoms with Crippen LogP contribution in [0.2, 0.25) is 0 Å². The predicted molar refractivity (Wildman–Crippen MR) is 116 cm³/mol. The fourth-order valence-corrected chi connectivity index (χ4v) is 5.86. The summed E-state index contributed by atoms with van der Waals surface area (Å²) in [5.74, 6) is 0.169. The molecule has 2 aromatic carbocycles. The van der Waals surface area contributed by atoms with Crippen molar-refractivity contribution >= 4 is 27.0 Å². The van der Waals surface area contributed by atoms with Crippen molar-refractivity contribution in [3.8, 4) is 0 Å². The zero-order valence-corrected chi connectivity index (χ0v) is 17.2. The number of hydrogen-bond acceptors (Lipinski definition) is 4. The lowest BCUT2D eigenvalue weighted by molar-refractivity contribution is -0.120. The van der Waals surface area contributed by atoms with E-state index in [1.807, 2.05) is 48.5 Å². The van der Waals surface area contributed by atoms with E-state index in [0.29, 0.717) is 13.0 Å². The van der Waals surface area contributed by atoms with Crippen LogP contribution >= 0.6 is 0 Å². The fourth-order valence-electron chi connectivity index (χ4n) is 4.16. The van der Waals surface area contributed by atoms with E-state index in [0.717, 1.165) is 25.2 Å². The third kappa shape index (κ3) is 4.77. The summed E-state index contributed by atoms with van der Waals surface area (Å²) in [5, 5.41) is 0. The van der Waals surface area contributed by atoms with Crippen molar-refractivity contribution in [3.05, 3.63) is 72.3 Å². The SMILES string of the molecule is O=C(CN1CC=C(c2ccccc2)CC1)N(c1ccccc1)[C@H]1CCS(=O)(=O)C1. The Morgan fingerprint density at radius 1 is 1.03 bits per heavy atom. The summed E-state index contributed by atoms with van der Waals surface area (Å²) in [6, 6.07) is 19.5. The monoisotopic (exact) mass is 410 g/mol. The smallest absolute Gasteiger partial charge is 0.241 e. The normalized spacial score (nSPS) is 21.5. The van der Waals surface area contributed by atoms with Gasteiger partial charge in [0.05, 0.1) is 24.1 Å². The highest BCUT2D eigenvalue weighted by molar-refractivity contribution is 7.91. The summed E-state index contributed by atoms with van der Waals surface area (Å²) in [7, 11) is -3.07. The highest BCUT2D eigenvalue weighted by Crippen LogP contribution is 2.26. The molecular formula is C23H26N2O3S. The first-order valence-corrected chi connectivity index (χ1v) is 11.9. The first kappa shape index (κ1) is 19.9. The van der Waals surface area contributed by atoms with E-state index in [4.69, 9.17) is 0 Å². The molecule has 0 unspecified atom stereocenters. The minimum atomic E-state index is -3.07. The van der Waals surface area contributed by atoms with Crippen molar-refractivity contribution in [2.24, 2.45) is 0 Å². The molecular weight excluding hydrogens is 384 g/mol. The number of carbonyl (C=O) groups excluding carboxylic acids is 1. The van der Waals surface area contributed by atoms with Crippen LogP contribution in [0.15, 0.2) is 66.7 Å². The number of nitrogens with zero attached hydrogens (tertiary/aromatic N) is 2. The molecule has 2 aromatic rings. The van der Waals surface area contributed by atoms with E-state index in [9.17, 15) is 13.2 Å². The zero-order chi connectivity index (χ0) is 20.3. The number of hydrogen-bond donors (Lipinski definition) is 0. The van der Waals surface area contributed by atoms with Crippen molar-refractivity contribution in [2.75, 3.05) is 36.0 Å². The molecule has 0 aliphatic carbocycles. The lowest BCUT2D eigenvalue weighted by atomic mass is 9.99. The van der Waals surface area contributed by atoms with Gasteiger partial charge in [-0.05, 0) is 36.1 Å². The molecule has 0 spiro atoms. The second-order valence-corrected chi connectivity index (χ2v) is 9.97. The van der Waals surface area contributed by atoms with Gasteiger partial charge in [0.25, 0.3) is 0 Å². The Morgan fingerprint density at radius 2 is 1.72 bits per heavy atom. The first-order chi connectivity index (χ1) is 14.0. The summed E-state index contributed by atoms with van der Waals surface area (Å²) >= 11 is 0. The highest BCUT2D eigenvalue weighted by Gasteiger charge is 2.36. The predicted octanol–water partition coefficient (Wildman–Crippen LogP) is 3.00. The summed E-state index contributed by atoms with van der Waals surface area (Å²) in [5.41, 5.74) is 3.33. The minimum absolute atomic E-state index is 0.0325. The van der Waals surface area contributed by atoms with E-state index in [-0.39, 0.29) is 23.5 Å². The van der Waals surface area contributed by atoms with Crippen LogP contribution in [-0.4, -0.2) is 56.4 Å². The molecule has 29 heavy (non-hydrogen) atoms. The molecule has 152 valence electrons. The van der Waals surface area contributed by atoms with Gasteiger partial charge in [-0.2, -0.15) is 0 Å². The zero-order valence-electron chi connectivity index (χ0n) is 16.4. The van der Waals surface area contributed by atoms with Crippen LogP contribution in [0.5, 0.6) is 0 Å². The summed E-state index contributed by atoms with van der Waals surface area (Å²) < 4.78 is 24.0. The minimum Gasteiger partial charge on any atom is -0.307 e. The van der Waals surface area contributed by atoms with Gasteiger partial charge in [0.1, 0.15) is 0 Å². The van der Waals surface area contributed by atoms with E-state index in [1.54, 1.807) is 4.90 Å². The van der Waals surface area contributed by atoms with E-state index < -0.39 is 9.84 Å².